The highest BCUT2D eigenvalue weighted by atomic mass is 16.7. The molecule has 2 amide bonds. The quantitative estimate of drug-likeness (QED) is 0.636. The summed E-state index contributed by atoms with van der Waals surface area (Å²) >= 11 is 0. The van der Waals surface area contributed by atoms with Gasteiger partial charge in [0.25, 0.3) is 0 Å². The highest BCUT2D eigenvalue weighted by Gasteiger charge is 2.16. The number of ether oxygens (including phenoxy) is 2. The third kappa shape index (κ3) is 5.13. The third-order valence-corrected chi connectivity index (χ3v) is 4.26. The van der Waals surface area contributed by atoms with Crippen molar-refractivity contribution in [2.75, 3.05) is 19.9 Å². The number of aliphatic hydroxyl groups is 1. The van der Waals surface area contributed by atoms with E-state index in [0.717, 1.165) is 18.4 Å². The van der Waals surface area contributed by atoms with E-state index < -0.39 is 6.10 Å². The molecule has 1 unspecified atom stereocenters. The van der Waals surface area contributed by atoms with Gasteiger partial charge in [0.1, 0.15) is 0 Å². The molecule has 1 atom stereocenters. The van der Waals surface area contributed by atoms with Gasteiger partial charge in [0, 0.05) is 13.1 Å². The Morgan fingerprint density at radius 3 is 2.65 bits per heavy atom. The van der Waals surface area contributed by atoms with E-state index in [2.05, 4.69) is 22.8 Å². The molecule has 6 heteroatoms. The SMILES string of the molecule is O=C(NCCCc1ccccc1)NCCC(O)c1ccc2c(c1)OCO2. The van der Waals surface area contributed by atoms with Crippen molar-refractivity contribution in [3.63, 3.8) is 0 Å². The Kier molecular flexibility index (Phi) is 6.33. The molecule has 1 aliphatic heterocycles. The molecule has 0 aromatic heterocycles. The fourth-order valence-electron chi connectivity index (χ4n) is 2.81. The number of carbonyl (C=O) groups excluding carboxylic acids is 1. The van der Waals surface area contributed by atoms with Gasteiger partial charge in [-0.05, 0) is 42.5 Å². The maximum atomic E-state index is 11.8. The molecule has 3 rings (SSSR count). The molecule has 1 aliphatic rings. The first-order valence-electron chi connectivity index (χ1n) is 8.85. The number of fused-ring (bicyclic) bond motifs is 1. The molecule has 2 aromatic rings. The Morgan fingerprint density at radius 2 is 1.81 bits per heavy atom. The largest absolute Gasteiger partial charge is 0.454 e. The van der Waals surface area contributed by atoms with Gasteiger partial charge in [-0.3, -0.25) is 0 Å². The fourth-order valence-corrected chi connectivity index (χ4v) is 2.81. The van der Waals surface area contributed by atoms with Gasteiger partial charge in [-0.15, -0.1) is 0 Å². The molecule has 0 bridgehead atoms. The smallest absolute Gasteiger partial charge is 0.314 e. The number of carbonyl (C=O) groups is 1. The average molecular weight is 356 g/mol. The highest BCUT2D eigenvalue weighted by molar-refractivity contribution is 5.73. The Hall–Kier alpha value is -2.73. The van der Waals surface area contributed by atoms with Crippen molar-refractivity contribution in [1.29, 1.82) is 0 Å². The lowest BCUT2D eigenvalue weighted by Gasteiger charge is -2.13. The molecule has 26 heavy (non-hydrogen) atoms. The van der Waals surface area contributed by atoms with Crippen molar-refractivity contribution in [2.24, 2.45) is 0 Å². The second-order valence-corrected chi connectivity index (χ2v) is 6.19. The normalized spacial score (nSPS) is 13.3. The average Bonchev–Trinajstić information content (AvgIpc) is 3.14. The van der Waals surface area contributed by atoms with Crippen LogP contribution in [0.15, 0.2) is 48.5 Å². The van der Waals surface area contributed by atoms with Gasteiger partial charge in [-0.2, -0.15) is 0 Å². The van der Waals surface area contributed by atoms with Crippen LogP contribution >= 0.6 is 0 Å². The minimum Gasteiger partial charge on any atom is -0.454 e. The minimum atomic E-state index is -0.664. The second kappa shape index (κ2) is 9.10. The minimum absolute atomic E-state index is 0.209. The predicted octanol–water partition coefficient (Wildman–Crippen LogP) is 2.77. The van der Waals surface area contributed by atoms with Crippen molar-refractivity contribution in [3.05, 3.63) is 59.7 Å². The maximum Gasteiger partial charge on any atom is 0.314 e. The van der Waals surface area contributed by atoms with Crippen LogP contribution in [0.5, 0.6) is 11.5 Å². The summed E-state index contributed by atoms with van der Waals surface area (Å²) in [6.45, 7) is 1.21. The Labute approximate surface area is 153 Å². The zero-order chi connectivity index (χ0) is 18.2. The van der Waals surface area contributed by atoms with Crippen LogP contribution in [0.2, 0.25) is 0 Å². The monoisotopic (exact) mass is 356 g/mol. The van der Waals surface area contributed by atoms with Gasteiger partial charge in [-0.25, -0.2) is 4.79 Å². The molecule has 0 fully saturated rings. The summed E-state index contributed by atoms with van der Waals surface area (Å²) in [5.74, 6) is 1.33. The zero-order valence-electron chi connectivity index (χ0n) is 14.6. The van der Waals surface area contributed by atoms with Crippen molar-refractivity contribution in [1.82, 2.24) is 10.6 Å². The fraction of sp³-hybridized carbons (Fsp3) is 0.350. The number of aliphatic hydroxyl groups excluding tert-OH is 1. The Balaban J connectivity index is 1.31. The molecule has 0 saturated carbocycles. The van der Waals surface area contributed by atoms with Crippen LogP contribution in [0, 0.1) is 0 Å². The molecule has 0 saturated heterocycles. The zero-order valence-corrected chi connectivity index (χ0v) is 14.6. The topological polar surface area (TPSA) is 79.8 Å². The first-order valence-corrected chi connectivity index (χ1v) is 8.85. The molecule has 3 N–H and O–H groups in total. The number of hydrogen-bond acceptors (Lipinski definition) is 4. The molecule has 1 heterocycles. The molecule has 0 aliphatic carbocycles. The van der Waals surface area contributed by atoms with Gasteiger partial charge in [0.15, 0.2) is 11.5 Å². The van der Waals surface area contributed by atoms with Gasteiger partial charge in [0.05, 0.1) is 6.10 Å². The van der Waals surface area contributed by atoms with E-state index in [4.69, 9.17) is 9.47 Å². The van der Waals surface area contributed by atoms with Crippen LogP contribution in [0.25, 0.3) is 0 Å². The lowest BCUT2D eigenvalue weighted by Crippen LogP contribution is -2.37. The molecule has 2 aromatic carbocycles. The summed E-state index contributed by atoms with van der Waals surface area (Å²) < 4.78 is 10.6. The summed E-state index contributed by atoms with van der Waals surface area (Å²) in [6.07, 6.45) is 1.58. The Morgan fingerprint density at radius 1 is 1.04 bits per heavy atom. The first-order chi connectivity index (χ1) is 12.7. The third-order valence-electron chi connectivity index (χ3n) is 4.26. The number of nitrogens with one attached hydrogen (secondary N) is 2. The number of hydrogen-bond donors (Lipinski definition) is 3. The summed E-state index contributed by atoms with van der Waals surface area (Å²) in [4.78, 5) is 11.8. The standard InChI is InChI=1S/C20H24N2O4/c23-17(16-8-9-18-19(13-16)26-14-25-18)10-12-22-20(24)21-11-4-7-15-5-2-1-3-6-15/h1-3,5-6,8-9,13,17,23H,4,7,10-12,14H2,(H2,21,22,24). The number of aryl methyl sites for hydroxylation is 1. The van der Waals surface area contributed by atoms with E-state index in [-0.39, 0.29) is 12.8 Å². The summed E-state index contributed by atoms with van der Waals surface area (Å²) in [5.41, 5.74) is 2.01. The van der Waals surface area contributed by atoms with Crippen molar-refractivity contribution >= 4 is 6.03 Å². The molecule has 0 radical (unpaired) electrons. The van der Waals surface area contributed by atoms with E-state index >= 15 is 0 Å². The molecule has 138 valence electrons. The van der Waals surface area contributed by atoms with Gasteiger partial charge >= 0.3 is 6.03 Å². The van der Waals surface area contributed by atoms with Crippen LogP contribution in [-0.4, -0.2) is 31.0 Å². The van der Waals surface area contributed by atoms with Crippen LogP contribution < -0.4 is 20.1 Å². The first kappa shape index (κ1) is 18.1. The maximum absolute atomic E-state index is 11.8. The summed E-state index contributed by atoms with van der Waals surface area (Å²) in [5, 5.41) is 15.8. The van der Waals surface area contributed by atoms with Crippen molar-refractivity contribution < 1.29 is 19.4 Å². The van der Waals surface area contributed by atoms with Crippen molar-refractivity contribution in [2.45, 2.75) is 25.4 Å². The van der Waals surface area contributed by atoms with Crippen LogP contribution in [0.3, 0.4) is 0 Å². The van der Waals surface area contributed by atoms with Gasteiger partial charge in [0.2, 0.25) is 6.79 Å². The van der Waals surface area contributed by atoms with Crippen LogP contribution in [0.4, 0.5) is 4.79 Å². The second-order valence-electron chi connectivity index (χ2n) is 6.19. The number of rotatable bonds is 8. The molecule has 0 spiro atoms. The highest BCUT2D eigenvalue weighted by Crippen LogP contribution is 2.34. The van der Waals surface area contributed by atoms with Crippen LogP contribution in [-0.2, 0) is 6.42 Å². The lowest BCUT2D eigenvalue weighted by atomic mass is 10.1. The summed E-state index contributed by atoms with van der Waals surface area (Å²) in [6, 6.07) is 15.3. The number of amides is 2. The van der Waals surface area contributed by atoms with E-state index in [1.807, 2.05) is 24.3 Å². The number of benzene rings is 2. The van der Waals surface area contributed by atoms with Gasteiger partial charge < -0.3 is 25.2 Å². The van der Waals surface area contributed by atoms with E-state index in [9.17, 15) is 9.90 Å². The molecular formula is C20H24N2O4. The van der Waals surface area contributed by atoms with Crippen molar-refractivity contribution in [3.8, 4) is 11.5 Å². The summed E-state index contributed by atoms with van der Waals surface area (Å²) in [7, 11) is 0. The predicted molar refractivity (Wildman–Crippen MR) is 98.3 cm³/mol. The Bertz CT molecular complexity index is 721. The molecule has 6 nitrogen and oxygen atoms in total. The molecular weight excluding hydrogens is 332 g/mol. The van der Waals surface area contributed by atoms with E-state index in [1.54, 1.807) is 12.1 Å². The van der Waals surface area contributed by atoms with Gasteiger partial charge in [-0.1, -0.05) is 36.4 Å². The van der Waals surface area contributed by atoms with Crippen LogP contribution in [0.1, 0.15) is 30.1 Å². The number of urea groups is 1. The lowest BCUT2D eigenvalue weighted by molar-refractivity contribution is 0.165. The van der Waals surface area contributed by atoms with E-state index in [1.165, 1.54) is 5.56 Å². The van der Waals surface area contributed by atoms with E-state index in [0.29, 0.717) is 31.0 Å².